The fourth-order valence-corrected chi connectivity index (χ4v) is 3.21. The summed E-state index contributed by atoms with van der Waals surface area (Å²) in [5.41, 5.74) is 0.542. The standard InChI is InChI=1S/C18H18N2O5S/c1-23-14-5-7-15(8-6-14)26(21,22)16(11-19)12-20-13-4-9-17(24-2)18(10-13)25-3/h4-10,12,20H,1-3H3. The number of sulfone groups is 1. The molecule has 26 heavy (non-hydrogen) atoms. The van der Waals surface area contributed by atoms with E-state index in [9.17, 15) is 13.7 Å². The molecule has 0 radical (unpaired) electrons. The van der Waals surface area contributed by atoms with Gasteiger partial charge in [-0.15, -0.1) is 0 Å². The van der Waals surface area contributed by atoms with Gasteiger partial charge in [-0.1, -0.05) is 0 Å². The van der Waals surface area contributed by atoms with Crippen LogP contribution >= 0.6 is 0 Å². The van der Waals surface area contributed by atoms with Crippen LogP contribution < -0.4 is 19.5 Å². The van der Waals surface area contributed by atoms with Crippen LogP contribution in [0.4, 0.5) is 5.69 Å². The predicted molar refractivity (Wildman–Crippen MR) is 97.0 cm³/mol. The van der Waals surface area contributed by atoms with E-state index in [2.05, 4.69) is 5.32 Å². The number of nitriles is 1. The van der Waals surface area contributed by atoms with Crippen molar-refractivity contribution in [3.05, 3.63) is 53.6 Å². The molecule has 0 heterocycles. The minimum absolute atomic E-state index is 0.000196. The SMILES string of the molecule is COc1ccc(S(=O)(=O)C(C#N)=CNc2ccc(OC)c(OC)c2)cc1. The minimum atomic E-state index is -3.95. The Morgan fingerprint density at radius 2 is 1.65 bits per heavy atom. The highest BCUT2D eigenvalue weighted by Gasteiger charge is 2.21. The molecule has 8 heteroatoms. The number of hydrogen-bond acceptors (Lipinski definition) is 7. The smallest absolute Gasteiger partial charge is 0.218 e. The Kier molecular flexibility index (Phi) is 6.09. The van der Waals surface area contributed by atoms with E-state index in [1.54, 1.807) is 24.3 Å². The van der Waals surface area contributed by atoms with E-state index < -0.39 is 14.7 Å². The summed E-state index contributed by atoms with van der Waals surface area (Å²) in [5.74, 6) is 1.53. The number of hydrogen-bond donors (Lipinski definition) is 1. The lowest BCUT2D eigenvalue weighted by molar-refractivity contribution is 0.355. The van der Waals surface area contributed by atoms with Crippen LogP contribution in [-0.2, 0) is 9.84 Å². The number of nitrogens with zero attached hydrogens (tertiary/aromatic N) is 1. The molecule has 0 saturated carbocycles. The topological polar surface area (TPSA) is 97.7 Å². The molecule has 0 spiro atoms. The van der Waals surface area contributed by atoms with Crippen LogP contribution in [0.5, 0.6) is 17.2 Å². The van der Waals surface area contributed by atoms with Crippen molar-refractivity contribution >= 4 is 15.5 Å². The third-order valence-electron chi connectivity index (χ3n) is 3.52. The van der Waals surface area contributed by atoms with E-state index in [-0.39, 0.29) is 4.90 Å². The number of rotatable bonds is 7. The summed E-state index contributed by atoms with van der Waals surface area (Å²) in [6, 6.07) is 12.5. The second-order valence-corrected chi connectivity index (χ2v) is 6.93. The van der Waals surface area contributed by atoms with Crippen molar-refractivity contribution < 1.29 is 22.6 Å². The first kappa shape index (κ1) is 19.1. The summed E-state index contributed by atoms with van der Waals surface area (Å²) in [6.45, 7) is 0. The van der Waals surface area contributed by atoms with Crippen molar-refractivity contribution in [3.8, 4) is 23.3 Å². The molecule has 0 aliphatic carbocycles. The number of allylic oxidation sites excluding steroid dienone is 1. The van der Waals surface area contributed by atoms with Gasteiger partial charge in [-0.2, -0.15) is 5.26 Å². The van der Waals surface area contributed by atoms with Gasteiger partial charge in [0, 0.05) is 18.0 Å². The zero-order valence-electron chi connectivity index (χ0n) is 14.5. The van der Waals surface area contributed by atoms with Crippen LogP contribution in [0.3, 0.4) is 0 Å². The molecule has 7 nitrogen and oxygen atoms in total. The van der Waals surface area contributed by atoms with Gasteiger partial charge in [0.2, 0.25) is 9.84 Å². The highest BCUT2D eigenvalue weighted by Crippen LogP contribution is 2.30. The van der Waals surface area contributed by atoms with Crippen LogP contribution in [0.25, 0.3) is 0 Å². The third-order valence-corrected chi connectivity index (χ3v) is 5.20. The lowest BCUT2D eigenvalue weighted by atomic mass is 10.3. The number of anilines is 1. The molecular weight excluding hydrogens is 356 g/mol. The number of ether oxygens (including phenoxy) is 3. The fraction of sp³-hybridized carbons (Fsp3) is 0.167. The Hall–Kier alpha value is -3.18. The first-order chi connectivity index (χ1) is 12.5. The van der Waals surface area contributed by atoms with Gasteiger partial charge in [0.1, 0.15) is 11.8 Å². The van der Waals surface area contributed by atoms with Crippen LogP contribution in [0.1, 0.15) is 0 Å². The molecule has 0 atom stereocenters. The van der Waals surface area contributed by atoms with Crippen molar-refractivity contribution in [2.45, 2.75) is 4.90 Å². The molecule has 0 fully saturated rings. The monoisotopic (exact) mass is 374 g/mol. The lowest BCUT2D eigenvalue weighted by Gasteiger charge is -2.10. The summed E-state index contributed by atoms with van der Waals surface area (Å²) < 4.78 is 40.5. The maximum atomic E-state index is 12.6. The van der Waals surface area contributed by atoms with Crippen LogP contribution in [0.2, 0.25) is 0 Å². The molecule has 1 N–H and O–H groups in total. The summed E-state index contributed by atoms with van der Waals surface area (Å²) in [7, 11) is 0.541. The molecule has 2 aromatic rings. The second kappa shape index (κ2) is 8.27. The maximum absolute atomic E-state index is 12.6. The summed E-state index contributed by atoms with van der Waals surface area (Å²) in [6.07, 6.45) is 1.14. The second-order valence-electron chi connectivity index (χ2n) is 5.01. The van der Waals surface area contributed by atoms with E-state index in [1.165, 1.54) is 45.6 Å². The highest BCUT2D eigenvalue weighted by molar-refractivity contribution is 7.95. The average Bonchev–Trinajstić information content (AvgIpc) is 2.68. The van der Waals surface area contributed by atoms with Gasteiger partial charge >= 0.3 is 0 Å². The van der Waals surface area contributed by atoms with Gasteiger partial charge in [-0.05, 0) is 36.4 Å². The Balaban J connectivity index is 2.30. The largest absolute Gasteiger partial charge is 0.497 e. The summed E-state index contributed by atoms with van der Waals surface area (Å²) in [5, 5.41) is 12.1. The Morgan fingerprint density at radius 3 is 2.19 bits per heavy atom. The zero-order chi connectivity index (χ0) is 19.2. The van der Waals surface area contributed by atoms with Gasteiger partial charge in [-0.25, -0.2) is 8.42 Å². The van der Waals surface area contributed by atoms with Gasteiger partial charge in [0.25, 0.3) is 0 Å². The Morgan fingerprint density at radius 1 is 1.00 bits per heavy atom. The summed E-state index contributed by atoms with van der Waals surface area (Å²) >= 11 is 0. The molecule has 0 saturated heterocycles. The van der Waals surface area contributed by atoms with Gasteiger partial charge in [0.15, 0.2) is 16.4 Å². The van der Waals surface area contributed by atoms with Crippen LogP contribution in [0, 0.1) is 11.3 Å². The van der Waals surface area contributed by atoms with E-state index in [4.69, 9.17) is 14.2 Å². The van der Waals surface area contributed by atoms with Gasteiger partial charge in [-0.3, -0.25) is 0 Å². The average molecular weight is 374 g/mol. The van der Waals surface area contributed by atoms with Crippen LogP contribution in [-0.4, -0.2) is 29.7 Å². The van der Waals surface area contributed by atoms with Crippen LogP contribution in [0.15, 0.2) is 58.5 Å². The maximum Gasteiger partial charge on any atom is 0.218 e. The van der Waals surface area contributed by atoms with Crippen molar-refractivity contribution in [1.29, 1.82) is 5.26 Å². The molecule has 0 aliphatic heterocycles. The minimum Gasteiger partial charge on any atom is -0.497 e. The van der Waals surface area contributed by atoms with Gasteiger partial charge < -0.3 is 19.5 Å². The van der Waals surface area contributed by atoms with Gasteiger partial charge in [0.05, 0.1) is 26.2 Å². The number of nitrogens with one attached hydrogen (secondary N) is 1. The van der Waals surface area contributed by atoms with E-state index in [0.29, 0.717) is 22.9 Å². The molecule has 0 amide bonds. The lowest BCUT2D eigenvalue weighted by Crippen LogP contribution is -2.05. The van der Waals surface area contributed by atoms with Crippen molar-refractivity contribution in [2.75, 3.05) is 26.6 Å². The number of methoxy groups -OCH3 is 3. The molecule has 2 rings (SSSR count). The molecule has 0 aromatic heterocycles. The highest BCUT2D eigenvalue weighted by atomic mass is 32.2. The molecule has 2 aromatic carbocycles. The quantitative estimate of drug-likeness (QED) is 0.744. The van der Waals surface area contributed by atoms with Crippen molar-refractivity contribution in [2.24, 2.45) is 0 Å². The number of benzene rings is 2. The normalized spacial score (nSPS) is 11.4. The first-order valence-electron chi connectivity index (χ1n) is 7.44. The van der Waals surface area contributed by atoms with E-state index in [1.807, 2.05) is 0 Å². The van der Waals surface area contributed by atoms with E-state index >= 15 is 0 Å². The molecule has 0 aliphatic rings. The Bertz CT molecular complexity index is 945. The van der Waals surface area contributed by atoms with Crippen molar-refractivity contribution in [3.63, 3.8) is 0 Å². The van der Waals surface area contributed by atoms with E-state index in [0.717, 1.165) is 6.20 Å². The third kappa shape index (κ3) is 4.07. The molecular formula is C18H18N2O5S. The molecule has 0 unspecified atom stereocenters. The Labute approximate surface area is 152 Å². The summed E-state index contributed by atoms with van der Waals surface area (Å²) in [4.78, 5) is -0.419. The van der Waals surface area contributed by atoms with Crippen molar-refractivity contribution in [1.82, 2.24) is 0 Å². The molecule has 0 bridgehead atoms. The zero-order valence-corrected chi connectivity index (χ0v) is 15.3. The first-order valence-corrected chi connectivity index (χ1v) is 8.92. The fourth-order valence-electron chi connectivity index (χ4n) is 2.13. The predicted octanol–water partition coefficient (Wildman–Crippen LogP) is 2.96. The molecule has 136 valence electrons.